The third kappa shape index (κ3) is 4.77. The van der Waals surface area contributed by atoms with Crippen molar-refractivity contribution in [2.75, 3.05) is 7.05 Å². The summed E-state index contributed by atoms with van der Waals surface area (Å²) in [5.74, 6) is -0.208. The summed E-state index contributed by atoms with van der Waals surface area (Å²) in [6.07, 6.45) is -4.43. The van der Waals surface area contributed by atoms with Gasteiger partial charge in [-0.25, -0.2) is 0 Å². The van der Waals surface area contributed by atoms with Gasteiger partial charge in [-0.3, -0.25) is 4.79 Å². The van der Waals surface area contributed by atoms with Crippen LogP contribution in [0.1, 0.15) is 18.1 Å². The molecule has 1 atom stereocenters. The van der Waals surface area contributed by atoms with Gasteiger partial charge in [0.2, 0.25) is 5.91 Å². The number of nitrogens with zero attached hydrogens (tertiary/aromatic N) is 1. The Bertz CT molecular complexity index is 688. The number of carbonyl (C=O) groups is 1. The number of alkyl halides is 3. The van der Waals surface area contributed by atoms with Gasteiger partial charge in [0.15, 0.2) is 0 Å². The highest BCUT2D eigenvalue weighted by molar-refractivity contribution is 8.00. The highest BCUT2D eigenvalue weighted by Gasteiger charge is 2.33. The van der Waals surface area contributed by atoms with Gasteiger partial charge >= 0.3 is 6.18 Å². The Morgan fingerprint density at radius 1 is 1.08 bits per heavy atom. The number of hydrogen-bond acceptors (Lipinski definition) is 2. The van der Waals surface area contributed by atoms with E-state index in [1.807, 2.05) is 30.3 Å². The molecule has 1 unspecified atom stereocenters. The van der Waals surface area contributed by atoms with Crippen molar-refractivity contribution in [1.29, 1.82) is 0 Å². The third-order valence-electron chi connectivity index (χ3n) is 3.51. The molecule has 0 bridgehead atoms. The number of carbonyl (C=O) groups excluding carboxylic acids is 1. The number of benzene rings is 2. The highest BCUT2D eigenvalue weighted by atomic mass is 32.2. The summed E-state index contributed by atoms with van der Waals surface area (Å²) in [5, 5.41) is -0.379. The van der Waals surface area contributed by atoms with Crippen LogP contribution >= 0.6 is 11.8 Å². The minimum absolute atomic E-state index is 0.0752. The molecular weight excluding hydrogens is 335 g/mol. The standard InChI is InChI=1S/C18H18F3NOS/c1-13(24-15-9-4-3-5-10-15)17(23)22(2)12-14-8-6-7-11-16(14)18(19,20)21/h3-11,13H,12H2,1-2H3. The number of thioether (sulfide) groups is 1. The molecule has 0 saturated heterocycles. The number of halogens is 3. The van der Waals surface area contributed by atoms with Crippen LogP contribution < -0.4 is 0 Å². The summed E-state index contributed by atoms with van der Waals surface area (Å²) in [6.45, 7) is 1.68. The molecule has 0 aromatic heterocycles. The van der Waals surface area contributed by atoms with Crippen molar-refractivity contribution in [2.24, 2.45) is 0 Å². The van der Waals surface area contributed by atoms with Crippen LogP contribution in [0.15, 0.2) is 59.5 Å². The molecule has 2 aromatic rings. The largest absolute Gasteiger partial charge is 0.416 e. The fourth-order valence-corrected chi connectivity index (χ4v) is 3.34. The van der Waals surface area contributed by atoms with Crippen LogP contribution in [0.4, 0.5) is 13.2 Å². The molecule has 0 spiro atoms. The maximum absolute atomic E-state index is 13.0. The predicted molar refractivity (Wildman–Crippen MR) is 89.7 cm³/mol. The smallest absolute Gasteiger partial charge is 0.340 e. The van der Waals surface area contributed by atoms with Crippen LogP contribution in [0.3, 0.4) is 0 Å². The topological polar surface area (TPSA) is 20.3 Å². The molecule has 6 heteroatoms. The van der Waals surface area contributed by atoms with Gasteiger partial charge in [0.1, 0.15) is 0 Å². The molecule has 0 fully saturated rings. The maximum atomic E-state index is 13.0. The first-order valence-corrected chi connectivity index (χ1v) is 8.29. The second-order valence-electron chi connectivity index (χ2n) is 5.42. The average Bonchev–Trinajstić information content (AvgIpc) is 2.54. The van der Waals surface area contributed by atoms with E-state index in [1.165, 1.54) is 35.8 Å². The summed E-state index contributed by atoms with van der Waals surface area (Å²) in [7, 11) is 1.53. The maximum Gasteiger partial charge on any atom is 0.416 e. The molecule has 24 heavy (non-hydrogen) atoms. The van der Waals surface area contributed by atoms with E-state index >= 15 is 0 Å². The molecule has 0 heterocycles. The first-order chi connectivity index (χ1) is 11.3. The van der Waals surface area contributed by atoms with Crippen molar-refractivity contribution in [3.8, 4) is 0 Å². The molecule has 0 aliphatic heterocycles. The molecule has 2 nitrogen and oxygen atoms in total. The first kappa shape index (κ1) is 18.4. The van der Waals surface area contributed by atoms with Crippen LogP contribution in [0.25, 0.3) is 0 Å². The van der Waals surface area contributed by atoms with Crippen LogP contribution in [0.5, 0.6) is 0 Å². The molecule has 0 aliphatic rings. The zero-order valence-electron chi connectivity index (χ0n) is 13.4. The van der Waals surface area contributed by atoms with Crippen molar-refractivity contribution in [3.05, 3.63) is 65.7 Å². The van der Waals surface area contributed by atoms with Gasteiger partial charge in [0.25, 0.3) is 0 Å². The monoisotopic (exact) mass is 353 g/mol. The summed E-state index contributed by atoms with van der Waals surface area (Å²) < 4.78 is 39.1. The average molecular weight is 353 g/mol. The molecule has 0 N–H and O–H groups in total. The van der Waals surface area contributed by atoms with Gasteiger partial charge in [-0.1, -0.05) is 36.4 Å². The van der Waals surface area contributed by atoms with Crippen LogP contribution in [0.2, 0.25) is 0 Å². The van der Waals surface area contributed by atoms with Crippen molar-refractivity contribution >= 4 is 17.7 Å². The van der Waals surface area contributed by atoms with Gasteiger partial charge in [-0.15, -0.1) is 11.8 Å². The lowest BCUT2D eigenvalue weighted by Crippen LogP contribution is -2.33. The number of hydrogen-bond donors (Lipinski definition) is 0. The Kier molecular flexibility index (Phi) is 5.94. The van der Waals surface area contributed by atoms with E-state index in [1.54, 1.807) is 13.0 Å². The Morgan fingerprint density at radius 3 is 2.29 bits per heavy atom. The fourth-order valence-electron chi connectivity index (χ4n) is 2.33. The van der Waals surface area contributed by atoms with Gasteiger partial charge < -0.3 is 4.90 Å². The summed E-state index contributed by atoms with van der Waals surface area (Å²) in [4.78, 5) is 14.7. The lowest BCUT2D eigenvalue weighted by atomic mass is 10.1. The summed E-state index contributed by atoms with van der Waals surface area (Å²) in [5.41, 5.74) is -0.606. The van der Waals surface area contributed by atoms with Crippen LogP contribution in [-0.4, -0.2) is 23.1 Å². The molecule has 2 rings (SSSR count). The number of rotatable bonds is 5. The van der Waals surface area contributed by atoms with E-state index in [2.05, 4.69) is 0 Å². The van der Waals surface area contributed by atoms with Crippen molar-refractivity contribution in [1.82, 2.24) is 4.90 Å². The normalized spacial score (nSPS) is 12.7. The molecular formula is C18H18F3NOS. The van der Waals surface area contributed by atoms with E-state index in [0.29, 0.717) is 0 Å². The summed E-state index contributed by atoms with van der Waals surface area (Å²) in [6, 6.07) is 14.8. The van der Waals surface area contributed by atoms with E-state index in [9.17, 15) is 18.0 Å². The van der Waals surface area contributed by atoms with E-state index < -0.39 is 11.7 Å². The van der Waals surface area contributed by atoms with Crippen molar-refractivity contribution in [3.63, 3.8) is 0 Å². The van der Waals surface area contributed by atoms with Crippen molar-refractivity contribution in [2.45, 2.75) is 29.8 Å². The Labute approximate surface area is 143 Å². The van der Waals surface area contributed by atoms with Gasteiger partial charge in [-0.05, 0) is 30.7 Å². The SMILES string of the molecule is CC(Sc1ccccc1)C(=O)N(C)Cc1ccccc1C(F)(F)F. The predicted octanol–water partition coefficient (Wildman–Crippen LogP) is 4.84. The fraction of sp³-hybridized carbons (Fsp3) is 0.278. The third-order valence-corrected chi connectivity index (χ3v) is 4.61. The Hall–Kier alpha value is -1.95. The van der Waals surface area contributed by atoms with Crippen LogP contribution in [-0.2, 0) is 17.5 Å². The van der Waals surface area contributed by atoms with Gasteiger partial charge in [0.05, 0.1) is 10.8 Å². The van der Waals surface area contributed by atoms with Gasteiger partial charge in [-0.2, -0.15) is 13.2 Å². The van der Waals surface area contributed by atoms with E-state index in [4.69, 9.17) is 0 Å². The van der Waals surface area contributed by atoms with E-state index in [0.717, 1.165) is 11.0 Å². The minimum Gasteiger partial charge on any atom is -0.340 e. The zero-order valence-corrected chi connectivity index (χ0v) is 14.2. The Morgan fingerprint density at radius 2 is 1.67 bits per heavy atom. The second-order valence-corrected chi connectivity index (χ2v) is 6.84. The lowest BCUT2D eigenvalue weighted by Gasteiger charge is -2.23. The molecule has 0 radical (unpaired) electrons. The number of amides is 1. The zero-order chi connectivity index (χ0) is 17.7. The summed E-state index contributed by atoms with van der Waals surface area (Å²) >= 11 is 1.39. The molecule has 128 valence electrons. The lowest BCUT2D eigenvalue weighted by molar-refractivity contribution is -0.139. The first-order valence-electron chi connectivity index (χ1n) is 7.41. The molecule has 2 aromatic carbocycles. The molecule has 1 amide bonds. The van der Waals surface area contributed by atoms with Gasteiger partial charge in [0, 0.05) is 18.5 Å². The van der Waals surface area contributed by atoms with Crippen LogP contribution in [0, 0.1) is 0 Å². The van der Waals surface area contributed by atoms with E-state index in [-0.39, 0.29) is 23.3 Å². The quantitative estimate of drug-likeness (QED) is 0.717. The highest BCUT2D eigenvalue weighted by Crippen LogP contribution is 2.32. The second kappa shape index (κ2) is 7.75. The molecule has 0 saturated carbocycles. The molecule has 0 aliphatic carbocycles. The minimum atomic E-state index is -4.43. The Balaban J connectivity index is 2.07. The van der Waals surface area contributed by atoms with Crippen molar-refractivity contribution < 1.29 is 18.0 Å².